The molecule has 0 bridgehead atoms. The third-order valence-corrected chi connectivity index (χ3v) is 8.15. The van der Waals surface area contributed by atoms with Crippen molar-refractivity contribution < 1.29 is 14.0 Å². The van der Waals surface area contributed by atoms with Gasteiger partial charge in [0.25, 0.3) is 11.8 Å². The lowest BCUT2D eigenvalue weighted by Crippen LogP contribution is -2.53. The summed E-state index contributed by atoms with van der Waals surface area (Å²) < 4.78 is 13.5. The Balaban J connectivity index is 1.23. The van der Waals surface area contributed by atoms with Crippen molar-refractivity contribution in [2.45, 2.75) is 30.3 Å². The number of para-hydroxylation sites is 1. The highest BCUT2D eigenvalue weighted by atomic mass is 35.5. The van der Waals surface area contributed by atoms with E-state index in [-0.39, 0.29) is 16.6 Å². The van der Waals surface area contributed by atoms with E-state index in [1.54, 1.807) is 5.41 Å². The second-order valence-electron chi connectivity index (χ2n) is 9.06. The molecular formula is C25H27ClFN5O2S. The van der Waals surface area contributed by atoms with Crippen molar-refractivity contribution in [3.05, 3.63) is 75.5 Å². The van der Waals surface area contributed by atoms with E-state index in [1.165, 1.54) is 35.1 Å². The van der Waals surface area contributed by atoms with Gasteiger partial charge in [-0.3, -0.25) is 9.59 Å². The molecule has 0 saturated carbocycles. The fourth-order valence-electron chi connectivity index (χ4n) is 5.10. The van der Waals surface area contributed by atoms with Crippen molar-refractivity contribution in [1.29, 1.82) is 0 Å². The van der Waals surface area contributed by atoms with Crippen LogP contribution in [-0.2, 0) is 4.79 Å². The average molecular weight is 516 g/mol. The van der Waals surface area contributed by atoms with Gasteiger partial charge < -0.3 is 26.2 Å². The summed E-state index contributed by atoms with van der Waals surface area (Å²) in [5.41, 5.74) is 8.44. The molecule has 7 nitrogen and oxygen atoms in total. The van der Waals surface area contributed by atoms with Crippen LogP contribution in [-0.4, -0.2) is 59.3 Å². The van der Waals surface area contributed by atoms with Gasteiger partial charge >= 0.3 is 0 Å². The first-order valence-corrected chi connectivity index (χ1v) is 13.0. The number of carbonyl (C=O) groups excluding carboxylic acids is 2. The Bertz CT molecular complexity index is 1170. The van der Waals surface area contributed by atoms with Gasteiger partial charge in [0.1, 0.15) is 11.5 Å². The number of fused-ring (bicyclic) bond motifs is 1. The van der Waals surface area contributed by atoms with E-state index in [1.807, 2.05) is 4.90 Å². The normalized spacial score (nSPS) is 22.5. The molecule has 10 heteroatoms. The highest BCUT2D eigenvalue weighted by Gasteiger charge is 2.38. The standard InChI is InChI=1S/C25H27ClFN5O2S/c26-19-11-15(5-6-20(19)27)24(34)30-25-32(22(14-35-25)23(28)33)17-7-9-31(10-8-17)13-16-12-29-21-4-2-1-3-18(16)21/h1-6,11,14,16-17,25,29H,7-10,12-13H2,(H2,28,33)(H,30,34). The quantitative estimate of drug-likeness (QED) is 0.545. The maximum atomic E-state index is 13.5. The number of nitrogens with one attached hydrogen (secondary N) is 2. The van der Waals surface area contributed by atoms with Crippen LogP contribution >= 0.6 is 23.4 Å². The van der Waals surface area contributed by atoms with Crippen molar-refractivity contribution in [3.8, 4) is 0 Å². The molecule has 0 spiro atoms. The van der Waals surface area contributed by atoms with Crippen molar-refractivity contribution in [3.63, 3.8) is 0 Å². The topological polar surface area (TPSA) is 90.7 Å². The number of rotatable bonds is 6. The zero-order valence-corrected chi connectivity index (χ0v) is 20.6. The number of anilines is 1. The minimum absolute atomic E-state index is 0.0658. The Hall–Kier alpha value is -2.75. The Labute approximate surface area is 212 Å². The summed E-state index contributed by atoms with van der Waals surface area (Å²) in [6, 6.07) is 12.4. The lowest BCUT2D eigenvalue weighted by atomic mass is 9.97. The molecule has 0 aliphatic carbocycles. The number of nitrogens with zero attached hydrogens (tertiary/aromatic N) is 2. The van der Waals surface area contributed by atoms with Crippen LogP contribution in [0.15, 0.2) is 53.6 Å². The Morgan fingerprint density at radius 3 is 2.71 bits per heavy atom. The van der Waals surface area contributed by atoms with Gasteiger partial charge in [-0.05, 0) is 42.7 Å². The van der Waals surface area contributed by atoms with Gasteiger partial charge in [-0.25, -0.2) is 4.39 Å². The number of amides is 2. The highest BCUT2D eigenvalue weighted by Crippen LogP contribution is 2.36. The second kappa shape index (κ2) is 10.1. The molecule has 2 unspecified atom stereocenters. The Kier molecular flexibility index (Phi) is 6.91. The van der Waals surface area contributed by atoms with E-state index in [9.17, 15) is 14.0 Å². The van der Waals surface area contributed by atoms with Crippen LogP contribution in [0.1, 0.15) is 34.7 Å². The summed E-state index contributed by atoms with van der Waals surface area (Å²) in [6.45, 7) is 3.71. The molecule has 2 atom stereocenters. The predicted molar refractivity (Wildman–Crippen MR) is 137 cm³/mol. The lowest BCUT2D eigenvalue weighted by Gasteiger charge is -2.41. The molecule has 2 aromatic carbocycles. The number of likely N-dealkylation sites (tertiary alicyclic amines) is 1. The molecular weight excluding hydrogens is 489 g/mol. The molecule has 184 valence electrons. The third-order valence-electron chi connectivity index (χ3n) is 6.90. The molecule has 3 aliphatic heterocycles. The number of hydrogen-bond acceptors (Lipinski definition) is 6. The van der Waals surface area contributed by atoms with Gasteiger partial charge in [0.05, 0.1) is 5.02 Å². The minimum atomic E-state index is -0.582. The molecule has 2 aromatic rings. The van der Waals surface area contributed by atoms with E-state index in [2.05, 4.69) is 39.8 Å². The number of piperidine rings is 1. The van der Waals surface area contributed by atoms with E-state index in [0.29, 0.717) is 11.6 Å². The van der Waals surface area contributed by atoms with Crippen molar-refractivity contribution in [2.24, 2.45) is 5.73 Å². The van der Waals surface area contributed by atoms with Crippen molar-refractivity contribution in [1.82, 2.24) is 15.1 Å². The van der Waals surface area contributed by atoms with Crippen LogP contribution in [0.5, 0.6) is 0 Å². The number of carbonyl (C=O) groups is 2. The van der Waals surface area contributed by atoms with Crippen LogP contribution in [0, 0.1) is 5.82 Å². The summed E-state index contributed by atoms with van der Waals surface area (Å²) in [4.78, 5) is 29.4. The van der Waals surface area contributed by atoms with E-state index in [4.69, 9.17) is 17.3 Å². The first-order chi connectivity index (χ1) is 16.9. The molecule has 2 amide bonds. The first-order valence-electron chi connectivity index (χ1n) is 11.7. The van der Waals surface area contributed by atoms with Crippen LogP contribution in [0.3, 0.4) is 0 Å². The maximum absolute atomic E-state index is 13.5. The number of thioether (sulfide) groups is 1. The number of hydrogen-bond donors (Lipinski definition) is 3. The van der Waals surface area contributed by atoms with Crippen molar-refractivity contribution in [2.75, 3.05) is 31.5 Å². The van der Waals surface area contributed by atoms with Crippen LogP contribution in [0.2, 0.25) is 5.02 Å². The van der Waals surface area contributed by atoms with Crippen LogP contribution in [0.25, 0.3) is 0 Å². The van der Waals surface area contributed by atoms with E-state index < -0.39 is 23.1 Å². The monoisotopic (exact) mass is 515 g/mol. The Morgan fingerprint density at radius 1 is 1.20 bits per heavy atom. The molecule has 3 heterocycles. The third kappa shape index (κ3) is 4.98. The molecule has 1 fully saturated rings. The largest absolute Gasteiger partial charge is 0.384 e. The minimum Gasteiger partial charge on any atom is -0.384 e. The smallest absolute Gasteiger partial charge is 0.265 e. The molecule has 3 aliphatic rings. The highest BCUT2D eigenvalue weighted by molar-refractivity contribution is 8.02. The summed E-state index contributed by atoms with van der Waals surface area (Å²) in [6.07, 6.45) is 1.70. The maximum Gasteiger partial charge on any atom is 0.265 e. The van der Waals surface area contributed by atoms with Gasteiger partial charge in [-0.2, -0.15) is 0 Å². The van der Waals surface area contributed by atoms with Crippen molar-refractivity contribution >= 4 is 40.9 Å². The molecule has 0 radical (unpaired) electrons. The fourth-order valence-corrected chi connectivity index (χ4v) is 6.37. The second-order valence-corrected chi connectivity index (χ2v) is 10.4. The van der Waals surface area contributed by atoms with Gasteiger partial charge in [0, 0.05) is 54.8 Å². The number of nitrogens with two attached hydrogens (primary N) is 1. The zero-order chi connectivity index (χ0) is 24.5. The number of primary amides is 1. The molecule has 4 N–H and O–H groups in total. The number of halogens is 2. The number of benzene rings is 2. The van der Waals surface area contributed by atoms with Crippen LogP contribution in [0.4, 0.5) is 10.1 Å². The van der Waals surface area contributed by atoms with Gasteiger partial charge in [0.2, 0.25) is 0 Å². The van der Waals surface area contributed by atoms with Gasteiger partial charge in [-0.1, -0.05) is 41.6 Å². The van der Waals surface area contributed by atoms with Gasteiger partial charge in [0.15, 0.2) is 5.50 Å². The summed E-state index contributed by atoms with van der Waals surface area (Å²) in [5, 5.41) is 8.02. The fraction of sp³-hybridized carbons (Fsp3) is 0.360. The summed E-state index contributed by atoms with van der Waals surface area (Å²) in [5.74, 6) is -1.03. The SMILES string of the molecule is NC(=O)C1=CSC(NC(=O)c2ccc(F)c(Cl)c2)N1C1CCN(CC2CNc3ccccc32)CC1. The zero-order valence-electron chi connectivity index (χ0n) is 19.0. The lowest BCUT2D eigenvalue weighted by molar-refractivity contribution is -0.116. The van der Waals surface area contributed by atoms with Gasteiger partial charge in [-0.15, -0.1) is 0 Å². The van der Waals surface area contributed by atoms with E-state index >= 15 is 0 Å². The molecule has 1 saturated heterocycles. The first kappa shape index (κ1) is 24.0. The van der Waals surface area contributed by atoms with E-state index in [0.717, 1.165) is 45.1 Å². The molecule has 35 heavy (non-hydrogen) atoms. The van der Waals surface area contributed by atoms with Crippen LogP contribution < -0.4 is 16.4 Å². The molecule has 0 aromatic heterocycles. The molecule has 5 rings (SSSR count). The average Bonchev–Trinajstić information content (AvgIpc) is 3.46. The summed E-state index contributed by atoms with van der Waals surface area (Å²) >= 11 is 7.17. The summed E-state index contributed by atoms with van der Waals surface area (Å²) in [7, 11) is 0. The Morgan fingerprint density at radius 2 is 1.97 bits per heavy atom. The predicted octanol–water partition coefficient (Wildman–Crippen LogP) is 3.54.